The molecule has 2 aromatic carbocycles. The maximum Gasteiger partial charge on any atom is 0.265 e. The SMILES string of the molecule is CC(C)c1ccc(-c2nnc(CCCOc3ccc(S(=O)(=O)C4(C(=O)NO)CCOCC4)cc3)o2)cc1. The van der Waals surface area contributed by atoms with Crippen LogP contribution in [0, 0.1) is 0 Å². The van der Waals surface area contributed by atoms with Gasteiger partial charge in [0, 0.05) is 25.2 Å². The van der Waals surface area contributed by atoms with E-state index in [4.69, 9.17) is 19.1 Å². The number of sulfone groups is 1. The van der Waals surface area contributed by atoms with Gasteiger partial charge in [-0.2, -0.15) is 0 Å². The van der Waals surface area contributed by atoms with E-state index in [0.717, 1.165) is 5.56 Å². The Bertz CT molecular complexity index is 1300. The van der Waals surface area contributed by atoms with Gasteiger partial charge in [0.25, 0.3) is 5.91 Å². The van der Waals surface area contributed by atoms with E-state index in [1.165, 1.54) is 23.2 Å². The molecule has 37 heavy (non-hydrogen) atoms. The highest BCUT2D eigenvalue weighted by Crippen LogP contribution is 2.35. The van der Waals surface area contributed by atoms with Crippen molar-refractivity contribution in [2.24, 2.45) is 0 Å². The minimum absolute atomic E-state index is 0.0230. The van der Waals surface area contributed by atoms with Crippen LogP contribution < -0.4 is 10.2 Å². The maximum atomic E-state index is 13.3. The van der Waals surface area contributed by atoms with Crippen LogP contribution in [0.3, 0.4) is 0 Å². The van der Waals surface area contributed by atoms with E-state index < -0.39 is 20.5 Å². The van der Waals surface area contributed by atoms with Crippen LogP contribution in [0.25, 0.3) is 11.5 Å². The fraction of sp³-hybridized carbons (Fsp3) is 0.423. The number of hydrogen-bond donors (Lipinski definition) is 2. The number of rotatable bonds is 10. The van der Waals surface area contributed by atoms with Crippen LogP contribution >= 0.6 is 0 Å². The topological polar surface area (TPSA) is 141 Å². The summed E-state index contributed by atoms with van der Waals surface area (Å²) in [4.78, 5) is 12.3. The number of carbonyl (C=O) groups excluding carboxylic acids is 1. The largest absolute Gasteiger partial charge is 0.494 e. The predicted molar refractivity (Wildman–Crippen MR) is 134 cm³/mol. The number of nitrogens with zero attached hydrogens (tertiary/aromatic N) is 2. The lowest BCUT2D eigenvalue weighted by molar-refractivity contribution is -0.134. The van der Waals surface area contributed by atoms with Crippen LogP contribution in [0.2, 0.25) is 0 Å². The summed E-state index contributed by atoms with van der Waals surface area (Å²) in [6.45, 7) is 4.86. The zero-order valence-electron chi connectivity index (χ0n) is 20.8. The van der Waals surface area contributed by atoms with Crippen molar-refractivity contribution in [3.63, 3.8) is 0 Å². The second-order valence-corrected chi connectivity index (χ2v) is 11.5. The molecule has 0 aliphatic carbocycles. The number of hydrogen-bond acceptors (Lipinski definition) is 9. The molecule has 1 aromatic heterocycles. The molecule has 198 valence electrons. The Balaban J connectivity index is 1.32. The van der Waals surface area contributed by atoms with Gasteiger partial charge in [-0.1, -0.05) is 26.0 Å². The van der Waals surface area contributed by atoms with Crippen molar-refractivity contribution in [3.8, 4) is 17.2 Å². The molecule has 1 aliphatic rings. The highest BCUT2D eigenvalue weighted by atomic mass is 32.2. The number of aromatic nitrogens is 2. The first-order valence-corrected chi connectivity index (χ1v) is 13.7. The molecule has 4 rings (SSSR count). The second kappa shape index (κ2) is 11.4. The molecule has 3 aromatic rings. The van der Waals surface area contributed by atoms with E-state index in [2.05, 4.69) is 36.2 Å². The molecule has 0 saturated carbocycles. The lowest BCUT2D eigenvalue weighted by Gasteiger charge is -2.34. The highest BCUT2D eigenvalue weighted by Gasteiger charge is 2.52. The van der Waals surface area contributed by atoms with Gasteiger partial charge in [-0.25, -0.2) is 13.9 Å². The predicted octanol–water partition coefficient (Wildman–Crippen LogP) is 3.70. The van der Waals surface area contributed by atoms with Gasteiger partial charge in [0.2, 0.25) is 11.8 Å². The third-order valence-electron chi connectivity index (χ3n) is 6.56. The second-order valence-electron chi connectivity index (χ2n) is 9.25. The maximum absolute atomic E-state index is 13.3. The first-order valence-electron chi connectivity index (χ1n) is 12.2. The molecule has 0 spiro atoms. The number of nitrogens with one attached hydrogen (secondary N) is 1. The van der Waals surface area contributed by atoms with Crippen LogP contribution in [0.5, 0.6) is 5.75 Å². The molecule has 1 saturated heterocycles. The van der Waals surface area contributed by atoms with Gasteiger partial charge in [-0.3, -0.25) is 10.0 Å². The lowest BCUT2D eigenvalue weighted by Crippen LogP contribution is -2.54. The van der Waals surface area contributed by atoms with Crippen molar-refractivity contribution in [2.75, 3.05) is 19.8 Å². The van der Waals surface area contributed by atoms with Gasteiger partial charge in [-0.15, -0.1) is 10.2 Å². The van der Waals surface area contributed by atoms with Crippen molar-refractivity contribution >= 4 is 15.7 Å². The Labute approximate surface area is 215 Å². The molecule has 1 amide bonds. The molecule has 0 unspecified atom stereocenters. The zero-order chi connectivity index (χ0) is 26.5. The smallest absolute Gasteiger partial charge is 0.265 e. The van der Waals surface area contributed by atoms with Crippen LogP contribution in [0.1, 0.15) is 50.5 Å². The molecule has 1 fully saturated rings. The average molecular weight is 530 g/mol. The number of carbonyl (C=O) groups is 1. The normalized spacial score (nSPS) is 15.5. The molecule has 2 heterocycles. The quantitative estimate of drug-likeness (QED) is 0.228. The van der Waals surface area contributed by atoms with Gasteiger partial charge in [0.1, 0.15) is 5.75 Å². The van der Waals surface area contributed by atoms with Gasteiger partial charge >= 0.3 is 0 Å². The summed E-state index contributed by atoms with van der Waals surface area (Å²) in [7, 11) is -4.08. The van der Waals surface area contributed by atoms with Crippen molar-refractivity contribution in [1.82, 2.24) is 15.7 Å². The van der Waals surface area contributed by atoms with E-state index in [9.17, 15) is 13.2 Å². The number of ether oxygens (including phenoxy) is 2. The summed E-state index contributed by atoms with van der Waals surface area (Å²) < 4.78 is 41.6. The summed E-state index contributed by atoms with van der Waals surface area (Å²) >= 11 is 0. The monoisotopic (exact) mass is 529 g/mol. The van der Waals surface area contributed by atoms with Crippen molar-refractivity contribution in [2.45, 2.75) is 55.1 Å². The molecule has 0 atom stereocenters. The molecule has 11 heteroatoms. The third-order valence-corrected chi connectivity index (χ3v) is 9.07. The van der Waals surface area contributed by atoms with Crippen LogP contribution in [-0.2, 0) is 25.8 Å². The molecule has 10 nitrogen and oxygen atoms in total. The van der Waals surface area contributed by atoms with Crippen LogP contribution in [-0.4, -0.2) is 54.3 Å². The molecule has 0 bridgehead atoms. The van der Waals surface area contributed by atoms with Crippen molar-refractivity contribution < 1.29 is 32.3 Å². The van der Waals surface area contributed by atoms with E-state index in [-0.39, 0.29) is 31.0 Å². The number of benzene rings is 2. The number of aryl methyl sites for hydroxylation is 1. The Morgan fingerprint density at radius 2 is 1.76 bits per heavy atom. The van der Waals surface area contributed by atoms with E-state index in [1.54, 1.807) is 12.1 Å². The Kier molecular flexibility index (Phi) is 8.25. The van der Waals surface area contributed by atoms with Crippen molar-refractivity contribution in [1.29, 1.82) is 0 Å². The number of amides is 1. The molecular weight excluding hydrogens is 498 g/mol. The third kappa shape index (κ3) is 5.68. The molecule has 1 aliphatic heterocycles. The summed E-state index contributed by atoms with van der Waals surface area (Å²) in [5, 5.41) is 17.4. The zero-order valence-corrected chi connectivity index (χ0v) is 21.7. The summed E-state index contributed by atoms with van der Waals surface area (Å²) in [6.07, 6.45) is 1.07. The Morgan fingerprint density at radius 3 is 2.38 bits per heavy atom. The molecule has 2 N–H and O–H groups in total. The van der Waals surface area contributed by atoms with E-state index in [0.29, 0.717) is 42.9 Å². The van der Waals surface area contributed by atoms with Gasteiger partial charge in [0.05, 0.1) is 11.5 Å². The minimum atomic E-state index is -4.08. The van der Waals surface area contributed by atoms with Gasteiger partial charge < -0.3 is 13.9 Å². The Hall–Kier alpha value is -3.28. The van der Waals surface area contributed by atoms with Gasteiger partial charge in [0.15, 0.2) is 14.6 Å². The molecule has 0 radical (unpaired) electrons. The minimum Gasteiger partial charge on any atom is -0.494 e. The first kappa shape index (κ1) is 26.8. The van der Waals surface area contributed by atoms with Gasteiger partial charge in [-0.05, 0) is 67.1 Å². The summed E-state index contributed by atoms with van der Waals surface area (Å²) in [6, 6.07) is 13.9. The summed E-state index contributed by atoms with van der Waals surface area (Å²) in [5.74, 6) is 0.970. The van der Waals surface area contributed by atoms with Crippen LogP contribution in [0.4, 0.5) is 0 Å². The fourth-order valence-electron chi connectivity index (χ4n) is 4.26. The highest BCUT2D eigenvalue weighted by molar-refractivity contribution is 7.93. The standard InChI is InChI=1S/C26H31N3O7S/c1-18(2)19-5-7-20(8-6-19)24-28-27-23(36-24)4-3-15-35-21-9-11-22(12-10-21)37(32,33)26(25(30)29-31)13-16-34-17-14-26/h5-12,18,31H,3-4,13-17H2,1-2H3,(H,29,30). The molecular formula is C26H31N3O7S. The van der Waals surface area contributed by atoms with Crippen LogP contribution in [0.15, 0.2) is 57.8 Å². The van der Waals surface area contributed by atoms with Crippen molar-refractivity contribution in [3.05, 3.63) is 60.0 Å². The average Bonchev–Trinajstić information content (AvgIpc) is 3.40. The summed E-state index contributed by atoms with van der Waals surface area (Å²) in [5.41, 5.74) is 3.62. The Morgan fingerprint density at radius 1 is 1.08 bits per heavy atom. The lowest BCUT2D eigenvalue weighted by atomic mass is 9.98. The fourth-order valence-corrected chi connectivity index (χ4v) is 6.20. The first-order chi connectivity index (χ1) is 17.8. The van der Waals surface area contributed by atoms with E-state index >= 15 is 0 Å². The number of hydroxylamine groups is 1. The van der Waals surface area contributed by atoms with E-state index in [1.807, 2.05) is 12.1 Å².